The van der Waals surface area contributed by atoms with Crippen LogP contribution in [0.25, 0.3) is 10.9 Å². The summed E-state index contributed by atoms with van der Waals surface area (Å²) < 4.78 is 0. The maximum atomic E-state index is 6.13. The summed E-state index contributed by atoms with van der Waals surface area (Å²) in [7, 11) is 0. The van der Waals surface area contributed by atoms with Crippen LogP contribution in [-0.2, 0) is 5.75 Å². The summed E-state index contributed by atoms with van der Waals surface area (Å²) in [4.78, 5) is 9.89. The summed E-state index contributed by atoms with van der Waals surface area (Å²) in [6.45, 7) is 0. The maximum absolute atomic E-state index is 6.13. The van der Waals surface area contributed by atoms with Crippen LogP contribution in [0.15, 0.2) is 53.4 Å². The maximum Gasteiger partial charge on any atom is 0.141 e. The third kappa shape index (κ3) is 2.71. The predicted molar refractivity (Wildman–Crippen MR) is 85.0 cm³/mol. The Bertz CT molecular complexity index is 761. The third-order valence-corrected chi connectivity index (χ3v) is 4.38. The number of rotatable bonds is 3. The quantitative estimate of drug-likeness (QED) is 0.738. The van der Waals surface area contributed by atoms with Crippen molar-refractivity contribution < 1.29 is 0 Å². The summed E-state index contributed by atoms with van der Waals surface area (Å²) in [5.41, 5.74) is 6.84. The summed E-state index contributed by atoms with van der Waals surface area (Å²) in [5.74, 6) is 1.87. The number of para-hydroxylation sites is 1. The number of thioether (sulfide) groups is 1. The van der Waals surface area contributed by atoms with E-state index >= 15 is 0 Å². The van der Waals surface area contributed by atoms with Crippen molar-refractivity contribution in [1.29, 1.82) is 0 Å². The molecule has 0 radical (unpaired) electrons. The second kappa shape index (κ2) is 5.69. The van der Waals surface area contributed by atoms with Gasteiger partial charge in [-0.05, 0) is 24.3 Å². The Morgan fingerprint density at radius 3 is 2.60 bits per heavy atom. The molecule has 20 heavy (non-hydrogen) atoms. The molecular formula is C15H12ClN3S. The number of nitrogens with zero attached hydrogens (tertiary/aromatic N) is 2. The molecule has 2 aromatic carbocycles. The molecule has 3 rings (SSSR count). The molecule has 0 saturated carbocycles. The van der Waals surface area contributed by atoms with Crippen LogP contribution in [-0.4, -0.2) is 9.97 Å². The Morgan fingerprint density at radius 2 is 1.75 bits per heavy atom. The van der Waals surface area contributed by atoms with Gasteiger partial charge in [0.1, 0.15) is 11.6 Å². The average Bonchev–Trinajstić information content (AvgIpc) is 2.46. The van der Waals surface area contributed by atoms with Gasteiger partial charge in [-0.1, -0.05) is 35.9 Å². The Morgan fingerprint density at radius 1 is 1.00 bits per heavy atom. The Labute approximate surface area is 126 Å². The molecule has 0 amide bonds. The summed E-state index contributed by atoms with van der Waals surface area (Å²) >= 11 is 7.74. The molecule has 0 bridgehead atoms. The van der Waals surface area contributed by atoms with Gasteiger partial charge in [0.15, 0.2) is 0 Å². The average molecular weight is 302 g/mol. The van der Waals surface area contributed by atoms with Crippen LogP contribution >= 0.6 is 23.4 Å². The predicted octanol–water partition coefficient (Wildman–Crippen LogP) is 4.16. The van der Waals surface area contributed by atoms with Gasteiger partial charge in [-0.2, -0.15) is 0 Å². The van der Waals surface area contributed by atoms with Crippen LogP contribution in [0.4, 0.5) is 5.82 Å². The number of nitrogen functional groups attached to an aromatic ring is 1. The Hall–Kier alpha value is -1.78. The number of nitrogens with two attached hydrogens (primary N) is 1. The molecular weight excluding hydrogens is 290 g/mol. The minimum absolute atomic E-state index is 0.519. The molecule has 3 nitrogen and oxygen atoms in total. The monoisotopic (exact) mass is 301 g/mol. The SMILES string of the molecule is Nc1nc(CSc2ccccc2Cl)nc2ccccc12. The van der Waals surface area contributed by atoms with E-state index in [1.165, 1.54) is 0 Å². The fourth-order valence-corrected chi connectivity index (χ4v) is 3.01. The molecule has 0 atom stereocenters. The van der Waals surface area contributed by atoms with Crippen LogP contribution in [0.5, 0.6) is 0 Å². The highest BCUT2D eigenvalue weighted by Gasteiger charge is 2.06. The van der Waals surface area contributed by atoms with Crippen LogP contribution in [0.2, 0.25) is 5.02 Å². The number of fused-ring (bicyclic) bond motifs is 1. The minimum Gasteiger partial charge on any atom is -0.383 e. The minimum atomic E-state index is 0.519. The van der Waals surface area contributed by atoms with Crippen molar-refractivity contribution in [3.63, 3.8) is 0 Å². The van der Waals surface area contributed by atoms with Crippen LogP contribution < -0.4 is 5.73 Å². The van der Waals surface area contributed by atoms with Gasteiger partial charge in [-0.25, -0.2) is 9.97 Å². The molecule has 0 spiro atoms. The molecule has 1 heterocycles. The number of hydrogen-bond acceptors (Lipinski definition) is 4. The number of aromatic nitrogens is 2. The molecule has 0 unspecified atom stereocenters. The van der Waals surface area contributed by atoms with Gasteiger partial charge in [-0.15, -0.1) is 11.8 Å². The highest BCUT2D eigenvalue weighted by molar-refractivity contribution is 7.98. The Balaban J connectivity index is 1.86. The van der Waals surface area contributed by atoms with Gasteiger partial charge in [0.05, 0.1) is 16.3 Å². The standard InChI is InChI=1S/C15H12ClN3S/c16-11-6-2-4-8-13(11)20-9-14-18-12-7-3-1-5-10(12)15(17)19-14/h1-8H,9H2,(H2,17,18,19). The number of halogens is 1. The first-order valence-electron chi connectivity index (χ1n) is 6.12. The molecule has 0 aliphatic rings. The van der Waals surface area contributed by atoms with Crippen molar-refractivity contribution >= 4 is 40.1 Å². The largest absolute Gasteiger partial charge is 0.383 e. The lowest BCUT2D eigenvalue weighted by Gasteiger charge is -2.06. The molecule has 5 heteroatoms. The molecule has 100 valence electrons. The molecule has 0 aliphatic heterocycles. The van der Waals surface area contributed by atoms with Crippen LogP contribution in [0, 0.1) is 0 Å². The molecule has 0 fully saturated rings. The highest BCUT2D eigenvalue weighted by Crippen LogP contribution is 2.29. The van der Waals surface area contributed by atoms with E-state index in [2.05, 4.69) is 9.97 Å². The molecule has 3 aromatic rings. The van der Waals surface area contributed by atoms with Gasteiger partial charge >= 0.3 is 0 Å². The van der Waals surface area contributed by atoms with Crippen molar-refractivity contribution in [2.24, 2.45) is 0 Å². The summed E-state index contributed by atoms with van der Waals surface area (Å²) in [5, 5.41) is 1.63. The lowest BCUT2D eigenvalue weighted by atomic mass is 10.2. The normalized spacial score (nSPS) is 10.8. The van der Waals surface area contributed by atoms with Crippen molar-refractivity contribution in [3.8, 4) is 0 Å². The van der Waals surface area contributed by atoms with Crippen molar-refractivity contribution in [2.75, 3.05) is 5.73 Å². The van der Waals surface area contributed by atoms with Crippen molar-refractivity contribution in [3.05, 3.63) is 59.4 Å². The van der Waals surface area contributed by atoms with E-state index in [4.69, 9.17) is 17.3 Å². The van der Waals surface area contributed by atoms with Gasteiger partial charge in [0, 0.05) is 10.3 Å². The van der Waals surface area contributed by atoms with Gasteiger partial charge in [0.2, 0.25) is 0 Å². The zero-order chi connectivity index (χ0) is 13.9. The van der Waals surface area contributed by atoms with E-state index < -0.39 is 0 Å². The number of benzene rings is 2. The van der Waals surface area contributed by atoms with Crippen molar-refractivity contribution in [2.45, 2.75) is 10.6 Å². The second-order valence-corrected chi connectivity index (χ2v) is 5.69. The fraction of sp³-hybridized carbons (Fsp3) is 0.0667. The lowest BCUT2D eigenvalue weighted by Crippen LogP contribution is -1.99. The summed E-state index contributed by atoms with van der Waals surface area (Å²) in [6.07, 6.45) is 0. The molecule has 1 aromatic heterocycles. The fourth-order valence-electron chi connectivity index (χ4n) is 1.92. The third-order valence-electron chi connectivity index (χ3n) is 2.87. The molecule has 0 saturated heterocycles. The van der Waals surface area contributed by atoms with E-state index in [9.17, 15) is 0 Å². The first-order valence-corrected chi connectivity index (χ1v) is 7.49. The van der Waals surface area contributed by atoms with E-state index in [1.54, 1.807) is 11.8 Å². The topological polar surface area (TPSA) is 51.8 Å². The number of hydrogen-bond donors (Lipinski definition) is 1. The van der Waals surface area contributed by atoms with E-state index in [-0.39, 0.29) is 0 Å². The van der Waals surface area contributed by atoms with E-state index in [0.29, 0.717) is 17.4 Å². The Kier molecular flexibility index (Phi) is 3.76. The van der Waals surface area contributed by atoms with Crippen LogP contribution in [0.1, 0.15) is 5.82 Å². The van der Waals surface area contributed by atoms with E-state index in [1.807, 2.05) is 48.5 Å². The van der Waals surface area contributed by atoms with Gasteiger partial charge in [0.25, 0.3) is 0 Å². The van der Waals surface area contributed by atoms with Crippen molar-refractivity contribution in [1.82, 2.24) is 9.97 Å². The molecule has 2 N–H and O–H groups in total. The zero-order valence-corrected chi connectivity index (χ0v) is 12.2. The van der Waals surface area contributed by atoms with Gasteiger partial charge in [-0.3, -0.25) is 0 Å². The van der Waals surface area contributed by atoms with E-state index in [0.717, 1.165) is 20.8 Å². The second-order valence-electron chi connectivity index (χ2n) is 4.26. The lowest BCUT2D eigenvalue weighted by molar-refractivity contribution is 1.08. The van der Waals surface area contributed by atoms with Crippen LogP contribution in [0.3, 0.4) is 0 Å². The molecule has 0 aliphatic carbocycles. The smallest absolute Gasteiger partial charge is 0.141 e. The first kappa shape index (κ1) is 13.2. The summed E-state index contributed by atoms with van der Waals surface area (Å²) in [6, 6.07) is 15.5. The highest BCUT2D eigenvalue weighted by atomic mass is 35.5. The zero-order valence-electron chi connectivity index (χ0n) is 10.6. The number of anilines is 1. The van der Waals surface area contributed by atoms with Gasteiger partial charge < -0.3 is 5.73 Å². The first-order chi connectivity index (χ1) is 9.74.